The number of hydrogen-bond acceptors (Lipinski definition) is 3. The van der Waals surface area contributed by atoms with Crippen LogP contribution in [0.3, 0.4) is 0 Å². The summed E-state index contributed by atoms with van der Waals surface area (Å²) in [5, 5.41) is 4.35. The Bertz CT molecular complexity index is 544. The fourth-order valence-electron chi connectivity index (χ4n) is 1.82. The van der Waals surface area contributed by atoms with Crippen LogP contribution in [-0.4, -0.2) is 20.8 Å². The zero-order valence-electron chi connectivity index (χ0n) is 8.22. The third kappa shape index (κ3) is 1.37. The zero-order chi connectivity index (χ0) is 10.3. The summed E-state index contributed by atoms with van der Waals surface area (Å²) in [6.07, 6.45) is 6.77. The minimum absolute atomic E-state index is 0.778. The highest BCUT2D eigenvalue weighted by atomic mass is 31.0. The third-order valence-electron chi connectivity index (χ3n) is 2.55. The highest BCUT2D eigenvalue weighted by molar-refractivity contribution is 7.15. The number of pyridine rings is 1. The molecule has 0 saturated heterocycles. The van der Waals surface area contributed by atoms with E-state index in [1.54, 1.807) is 4.52 Å². The van der Waals surface area contributed by atoms with E-state index in [0.29, 0.717) is 0 Å². The van der Waals surface area contributed by atoms with Gasteiger partial charge in [0.1, 0.15) is 5.69 Å². The molecule has 2 aromatic rings. The highest BCUT2D eigenvalue weighted by Crippen LogP contribution is 2.27. The molecule has 0 aromatic carbocycles. The first-order chi connectivity index (χ1) is 7.38. The van der Waals surface area contributed by atoms with Gasteiger partial charge in [0.25, 0.3) is 0 Å². The Morgan fingerprint density at radius 2 is 2.40 bits per heavy atom. The Kier molecular flexibility index (Phi) is 2.03. The van der Waals surface area contributed by atoms with Crippen molar-refractivity contribution in [3.8, 4) is 0 Å². The number of hydrogen-bond donors (Lipinski definition) is 0. The van der Waals surface area contributed by atoms with Crippen LogP contribution in [0, 0.1) is 0 Å². The molecule has 0 N–H and O–H groups in total. The molecule has 15 heavy (non-hydrogen) atoms. The second kappa shape index (κ2) is 3.38. The van der Waals surface area contributed by atoms with Crippen molar-refractivity contribution >= 4 is 26.8 Å². The summed E-state index contributed by atoms with van der Waals surface area (Å²) in [7, 11) is 2.64. The van der Waals surface area contributed by atoms with E-state index in [1.165, 1.54) is 5.56 Å². The lowest BCUT2D eigenvalue weighted by Crippen LogP contribution is -1.97. The molecule has 0 aliphatic carbocycles. The minimum Gasteiger partial charge on any atom is -0.257 e. The Hall–Kier alpha value is -1.28. The predicted molar refractivity (Wildman–Crippen MR) is 62.9 cm³/mol. The first kappa shape index (κ1) is 8.98. The number of aliphatic imine (C=N–C) groups is 1. The van der Waals surface area contributed by atoms with Crippen molar-refractivity contribution in [2.45, 2.75) is 19.0 Å². The molecule has 0 saturated carbocycles. The topological polar surface area (TPSA) is 42.5 Å². The molecule has 1 unspecified atom stereocenters. The van der Waals surface area contributed by atoms with Crippen LogP contribution in [0.25, 0.3) is 5.65 Å². The maximum Gasteiger partial charge on any atom is 0.181 e. The largest absolute Gasteiger partial charge is 0.257 e. The number of aryl methyl sites for hydroxylation is 1. The maximum absolute atomic E-state index is 4.46. The van der Waals surface area contributed by atoms with Gasteiger partial charge in [-0.2, -0.15) is 5.10 Å². The SMILES string of the molecule is PCc1nc2c3c(ccn2n1)CCC=N3. The van der Waals surface area contributed by atoms with E-state index in [9.17, 15) is 0 Å². The summed E-state index contributed by atoms with van der Waals surface area (Å²) >= 11 is 0. The summed E-state index contributed by atoms with van der Waals surface area (Å²) in [6.45, 7) is 0. The molecule has 0 fully saturated rings. The average molecular weight is 218 g/mol. The van der Waals surface area contributed by atoms with E-state index >= 15 is 0 Å². The lowest BCUT2D eigenvalue weighted by molar-refractivity contribution is 0.913. The van der Waals surface area contributed by atoms with Crippen molar-refractivity contribution in [2.24, 2.45) is 4.99 Å². The lowest BCUT2D eigenvalue weighted by Gasteiger charge is -2.08. The standard InChI is InChI=1S/C10H11N4P/c15-6-8-12-10-9-7(2-1-4-11-9)3-5-14(10)13-8/h3-5H,1-2,6,15H2. The van der Waals surface area contributed by atoms with Gasteiger partial charge in [0.15, 0.2) is 11.5 Å². The molecule has 0 spiro atoms. The summed E-state index contributed by atoms with van der Waals surface area (Å²) < 4.78 is 1.81. The molecule has 0 bridgehead atoms. The van der Waals surface area contributed by atoms with Gasteiger partial charge in [0.2, 0.25) is 0 Å². The van der Waals surface area contributed by atoms with Crippen molar-refractivity contribution in [2.75, 3.05) is 0 Å². The van der Waals surface area contributed by atoms with Crippen molar-refractivity contribution < 1.29 is 0 Å². The molecule has 2 aromatic heterocycles. The monoisotopic (exact) mass is 218 g/mol. The molecule has 76 valence electrons. The molecule has 4 nitrogen and oxygen atoms in total. The van der Waals surface area contributed by atoms with Gasteiger partial charge in [-0.25, -0.2) is 9.50 Å². The normalized spacial score (nSPS) is 14.5. The van der Waals surface area contributed by atoms with E-state index in [0.717, 1.165) is 36.2 Å². The van der Waals surface area contributed by atoms with Gasteiger partial charge in [-0.15, -0.1) is 9.24 Å². The summed E-state index contributed by atoms with van der Waals surface area (Å²) in [5.74, 6) is 0.842. The van der Waals surface area contributed by atoms with Crippen LogP contribution in [0.15, 0.2) is 17.3 Å². The van der Waals surface area contributed by atoms with E-state index in [-0.39, 0.29) is 0 Å². The Labute approximate surface area is 89.6 Å². The Morgan fingerprint density at radius 1 is 1.47 bits per heavy atom. The Morgan fingerprint density at radius 3 is 3.27 bits per heavy atom. The van der Waals surface area contributed by atoms with Gasteiger partial charge in [0.05, 0.1) is 0 Å². The van der Waals surface area contributed by atoms with Crippen LogP contribution >= 0.6 is 9.24 Å². The average Bonchev–Trinajstić information content (AvgIpc) is 2.72. The molecule has 3 rings (SSSR count). The van der Waals surface area contributed by atoms with Gasteiger partial charge in [-0.3, -0.25) is 4.99 Å². The van der Waals surface area contributed by atoms with Crippen LogP contribution in [0.4, 0.5) is 5.69 Å². The van der Waals surface area contributed by atoms with E-state index in [1.807, 2.05) is 12.4 Å². The van der Waals surface area contributed by atoms with Crippen LogP contribution < -0.4 is 0 Å². The third-order valence-corrected chi connectivity index (χ3v) is 2.92. The van der Waals surface area contributed by atoms with Crippen LogP contribution in [0.2, 0.25) is 0 Å². The number of rotatable bonds is 1. The molecule has 0 amide bonds. The van der Waals surface area contributed by atoms with E-state index in [4.69, 9.17) is 0 Å². The summed E-state index contributed by atoms with van der Waals surface area (Å²) in [6, 6.07) is 2.08. The van der Waals surface area contributed by atoms with Gasteiger partial charge < -0.3 is 0 Å². The van der Waals surface area contributed by atoms with Crippen LogP contribution in [0.1, 0.15) is 17.8 Å². The zero-order valence-corrected chi connectivity index (χ0v) is 9.37. The quantitative estimate of drug-likeness (QED) is 0.684. The number of aromatic nitrogens is 3. The van der Waals surface area contributed by atoms with Crippen molar-refractivity contribution in [3.63, 3.8) is 0 Å². The minimum atomic E-state index is 0.778. The number of nitrogens with zero attached hydrogens (tertiary/aromatic N) is 4. The molecule has 5 heteroatoms. The van der Waals surface area contributed by atoms with E-state index in [2.05, 4.69) is 30.4 Å². The lowest BCUT2D eigenvalue weighted by atomic mass is 10.1. The van der Waals surface area contributed by atoms with E-state index < -0.39 is 0 Å². The molecular weight excluding hydrogens is 207 g/mol. The number of fused-ring (bicyclic) bond motifs is 3. The van der Waals surface area contributed by atoms with Crippen LogP contribution in [0.5, 0.6) is 0 Å². The van der Waals surface area contributed by atoms with Crippen molar-refractivity contribution in [1.29, 1.82) is 0 Å². The van der Waals surface area contributed by atoms with Gasteiger partial charge >= 0.3 is 0 Å². The molecule has 1 aliphatic rings. The first-order valence-electron chi connectivity index (χ1n) is 4.98. The smallest absolute Gasteiger partial charge is 0.181 e. The first-order valence-corrected chi connectivity index (χ1v) is 5.80. The molecule has 0 radical (unpaired) electrons. The fraction of sp³-hybridized carbons (Fsp3) is 0.300. The maximum atomic E-state index is 4.46. The fourth-order valence-corrected chi connectivity index (χ4v) is 1.99. The Balaban J connectivity index is 2.32. The van der Waals surface area contributed by atoms with Crippen LogP contribution in [-0.2, 0) is 12.6 Å². The summed E-state index contributed by atoms with van der Waals surface area (Å²) in [5.41, 5.74) is 3.13. The summed E-state index contributed by atoms with van der Waals surface area (Å²) in [4.78, 5) is 8.88. The van der Waals surface area contributed by atoms with Crippen molar-refractivity contribution in [3.05, 3.63) is 23.7 Å². The van der Waals surface area contributed by atoms with Gasteiger partial charge in [-0.05, 0) is 24.5 Å². The molecule has 3 heterocycles. The van der Waals surface area contributed by atoms with Gasteiger partial charge in [0, 0.05) is 18.6 Å². The highest BCUT2D eigenvalue weighted by Gasteiger charge is 2.12. The second-order valence-electron chi connectivity index (χ2n) is 3.54. The molecule has 1 aliphatic heterocycles. The molecule has 1 atom stereocenters. The second-order valence-corrected chi connectivity index (χ2v) is 3.95. The predicted octanol–water partition coefficient (Wildman–Crippen LogP) is 1.75. The van der Waals surface area contributed by atoms with Gasteiger partial charge in [-0.1, -0.05) is 0 Å². The molecular formula is C10H11N4P. The van der Waals surface area contributed by atoms with Crippen molar-refractivity contribution in [1.82, 2.24) is 14.6 Å².